The number of hydrogen-bond donors (Lipinski definition) is 1. The Kier molecular flexibility index (Phi) is 4.71. The molecule has 3 rings (SSSR count). The Morgan fingerprint density at radius 2 is 2.12 bits per heavy atom. The second-order valence-corrected chi connectivity index (χ2v) is 7.02. The van der Waals surface area contributed by atoms with Crippen LogP contribution in [0.1, 0.15) is 30.3 Å². The molecule has 24 heavy (non-hydrogen) atoms. The first-order valence-electron chi connectivity index (χ1n) is 7.81. The molecule has 2 unspecified atom stereocenters. The number of benzene rings is 1. The number of nitrogens with zero attached hydrogens (tertiary/aromatic N) is 3. The second kappa shape index (κ2) is 6.76. The highest BCUT2D eigenvalue weighted by Crippen LogP contribution is 2.24. The van der Waals surface area contributed by atoms with E-state index < -0.39 is 12.0 Å². The third-order valence-electron chi connectivity index (χ3n) is 4.29. The van der Waals surface area contributed by atoms with Crippen LogP contribution in [0.3, 0.4) is 0 Å². The maximum Gasteiger partial charge on any atom is 0.326 e. The maximum atomic E-state index is 12.7. The van der Waals surface area contributed by atoms with Gasteiger partial charge < -0.3 is 10.0 Å². The molecule has 2 aromatic rings. The first-order valence-corrected chi connectivity index (χ1v) is 8.60. The van der Waals surface area contributed by atoms with Crippen LogP contribution >= 0.6 is 15.9 Å². The van der Waals surface area contributed by atoms with Crippen LogP contribution in [0.15, 0.2) is 41.0 Å². The zero-order chi connectivity index (χ0) is 17.3. The van der Waals surface area contributed by atoms with E-state index in [1.807, 2.05) is 31.2 Å². The van der Waals surface area contributed by atoms with Crippen molar-refractivity contribution in [2.45, 2.75) is 25.8 Å². The first-order chi connectivity index (χ1) is 11.5. The summed E-state index contributed by atoms with van der Waals surface area (Å²) in [6.45, 7) is 2.46. The second-order valence-electron chi connectivity index (χ2n) is 6.11. The molecule has 1 N–H and O–H groups in total. The van der Waals surface area contributed by atoms with Crippen LogP contribution in [0.5, 0.6) is 0 Å². The molecule has 1 aromatic carbocycles. The van der Waals surface area contributed by atoms with Crippen LogP contribution in [0.4, 0.5) is 0 Å². The third-order valence-corrected chi connectivity index (χ3v) is 4.78. The molecular formula is C17H18BrN3O3. The SMILES string of the molecule is CC1CCN(C(=O)c2ccn(-c3cccc(Br)c3)n2)C(C(=O)O)C1. The maximum absolute atomic E-state index is 12.7. The molecule has 6 nitrogen and oxygen atoms in total. The van der Waals surface area contributed by atoms with Crippen molar-refractivity contribution in [1.29, 1.82) is 0 Å². The van der Waals surface area contributed by atoms with E-state index in [-0.39, 0.29) is 11.6 Å². The molecule has 0 aliphatic carbocycles. The predicted octanol–water partition coefficient (Wildman–Crippen LogP) is 2.96. The highest BCUT2D eigenvalue weighted by atomic mass is 79.9. The van der Waals surface area contributed by atoms with Gasteiger partial charge in [0.1, 0.15) is 6.04 Å². The molecule has 1 fully saturated rings. The molecule has 1 aliphatic rings. The Balaban J connectivity index is 1.84. The fourth-order valence-corrected chi connectivity index (χ4v) is 3.35. The zero-order valence-corrected chi connectivity index (χ0v) is 14.8. The number of aliphatic carboxylic acids is 1. The number of carboxylic acid groups (broad SMARTS) is 1. The van der Waals surface area contributed by atoms with E-state index in [1.165, 1.54) is 4.90 Å². The number of rotatable bonds is 3. The third kappa shape index (κ3) is 3.36. The lowest BCUT2D eigenvalue weighted by Crippen LogP contribution is -2.49. The number of halogens is 1. The van der Waals surface area contributed by atoms with Crippen molar-refractivity contribution < 1.29 is 14.7 Å². The number of carbonyl (C=O) groups is 2. The molecule has 7 heteroatoms. The zero-order valence-electron chi connectivity index (χ0n) is 13.2. The number of hydrogen-bond acceptors (Lipinski definition) is 3. The summed E-state index contributed by atoms with van der Waals surface area (Å²) in [6, 6.07) is 8.41. The number of carbonyl (C=O) groups excluding carboxylic acids is 1. The Morgan fingerprint density at radius 3 is 2.83 bits per heavy atom. The van der Waals surface area contributed by atoms with Crippen molar-refractivity contribution in [3.8, 4) is 5.69 Å². The van der Waals surface area contributed by atoms with Crippen LogP contribution in [-0.2, 0) is 4.79 Å². The quantitative estimate of drug-likeness (QED) is 0.872. The summed E-state index contributed by atoms with van der Waals surface area (Å²) in [5.74, 6) is -0.987. The van der Waals surface area contributed by atoms with Crippen LogP contribution < -0.4 is 0 Å². The fourth-order valence-electron chi connectivity index (χ4n) is 2.97. The van der Waals surface area contributed by atoms with Gasteiger partial charge in [-0.3, -0.25) is 4.79 Å². The topological polar surface area (TPSA) is 75.4 Å². The Labute approximate surface area is 148 Å². The Bertz CT molecular complexity index is 774. The smallest absolute Gasteiger partial charge is 0.326 e. The number of aromatic nitrogens is 2. The van der Waals surface area contributed by atoms with Crippen molar-refractivity contribution in [2.75, 3.05) is 6.54 Å². The molecule has 0 spiro atoms. The van der Waals surface area contributed by atoms with E-state index >= 15 is 0 Å². The minimum atomic E-state index is -0.957. The van der Waals surface area contributed by atoms with Gasteiger partial charge in [0.25, 0.3) is 5.91 Å². The van der Waals surface area contributed by atoms with E-state index in [9.17, 15) is 14.7 Å². The average Bonchev–Trinajstić information content (AvgIpc) is 3.04. The van der Waals surface area contributed by atoms with Crippen LogP contribution in [0.25, 0.3) is 5.69 Å². The van der Waals surface area contributed by atoms with E-state index in [0.717, 1.165) is 16.6 Å². The molecule has 0 radical (unpaired) electrons. The molecule has 2 heterocycles. The number of carboxylic acids is 1. The fraction of sp³-hybridized carbons (Fsp3) is 0.353. The van der Waals surface area contributed by atoms with E-state index in [2.05, 4.69) is 21.0 Å². The summed E-state index contributed by atoms with van der Waals surface area (Å²) >= 11 is 3.41. The van der Waals surface area contributed by atoms with Crippen LogP contribution in [0.2, 0.25) is 0 Å². The van der Waals surface area contributed by atoms with Gasteiger partial charge in [0.15, 0.2) is 5.69 Å². The van der Waals surface area contributed by atoms with Gasteiger partial charge in [-0.1, -0.05) is 28.9 Å². The first kappa shape index (κ1) is 16.7. The van der Waals surface area contributed by atoms with Crippen molar-refractivity contribution in [3.63, 3.8) is 0 Å². The van der Waals surface area contributed by atoms with Crippen molar-refractivity contribution in [2.24, 2.45) is 5.92 Å². The lowest BCUT2D eigenvalue weighted by Gasteiger charge is -2.35. The average molecular weight is 392 g/mol. The van der Waals surface area contributed by atoms with Crippen LogP contribution in [-0.4, -0.2) is 44.3 Å². The van der Waals surface area contributed by atoms with Gasteiger partial charge in [0, 0.05) is 17.2 Å². The number of likely N-dealkylation sites (tertiary alicyclic amines) is 1. The van der Waals surface area contributed by atoms with Gasteiger partial charge in [-0.05, 0) is 43.0 Å². The summed E-state index contributed by atoms with van der Waals surface area (Å²) in [4.78, 5) is 25.6. The van der Waals surface area contributed by atoms with Crippen molar-refractivity contribution in [1.82, 2.24) is 14.7 Å². The summed E-state index contributed by atoms with van der Waals surface area (Å²) < 4.78 is 2.53. The lowest BCUT2D eigenvalue weighted by molar-refractivity contribution is -0.144. The minimum absolute atomic E-state index is 0.260. The summed E-state index contributed by atoms with van der Waals surface area (Å²) in [7, 11) is 0. The number of amides is 1. The molecular weight excluding hydrogens is 374 g/mol. The van der Waals surface area contributed by atoms with Gasteiger partial charge in [0.05, 0.1) is 5.69 Å². The van der Waals surface area contributed by atoms with Crippen molar-refractivity contribution >= 4 is 27.8 Å². The monoisotopic (exact) mass is 391 g/mol. The molecule has 1 aliphatic heterocycles. The molecule has 1 saturated heterocycles. The summed E-state index contributed by atoms with van der Waals surface area (Å²) in [6.07, 6.45) is 2.99. The largest absolute Gasteiger partial charge is 0.480 e. The van der Waals surface area contributed by atoms with Gasteiger partial charge in [-0.25, -0.2) is 9.48 Å². The minimum Gasteiger partial charge on any atom is -0.480 e. The van der Waals surface area contributed by atoms with E-state index in [0.29, 0.717) is 18.9 Å². The van der Waals surface area contributed by atoms with Gasteiger partial charge in [0.2, 0.25) is 0 Å². The highest BCUT2D eigenvalue weighted by molar-refractivity contribution is 9.10. The van der Waals surface area contributed by atoms with Gasteiger partial charge >= 0.3 is 5.97 Å². The number of piperidine rings is 1. The Morgan fingerprint density at radius 1 is 1.33 bits per heavy atom. The van der Waals surface area contributed by atoms with Crippen LogP contribution in [0, 0.1) is 5.92 Å². The van der Waals surface area contributed by atoms with Gasteiger partial charge in [-0.2, -0.15) is 5.10 Å². The summed E-state index contributed by atoms with van der Waals surface area (Å²) in [5, 5.41) is 13.7. The van der Waals surface area contributed by atoms with E-state index in [1.54, 1.807) is 16.9 Å². The predicted molar refractivity (Wildman–Crippen MR) is 92.1 cm³/mol. The molecule has 0 bridgehead atoms. The molecule has 1 amide bonds. The molecule has 126 valence electrons. The highest BCUT2D eigenvalue weighted by Gasteiger charge is 2.35. The van der Waals surface area contributed by atoms with E-state index in [4.69, 9.17) is 0 Å². The molecule has 1 aromatic heterocycles. The standard InChI is InChI=1S/C17H18BrN3O3/c1-11-5-7-20(15(9-11)17(23)24)16(22)14-6-8-21(19-14)13-4-2-3-12(18)10-13/h2-4,6,8,10-11,15H,5,7,9H2,1H3,(H,23,24). The van der Waals surface area contributed by atoms with Crippen molar-refractivity contribution in [3.05, 3.63) is 46.7 Å². The summed E-state index contributed by atoms with van der Waals surface area (Å²) in [5.41, 5.74) is 1.08. The molecule has 2 atom stereocenters. The normalized spacial score (nSPS) is 20.8. The Hall–Kier alpha value is -2.15. The lowest BCUT2D eigenvalue weighted by atomic mass is 9.92. The molecule has 0 saturated carbocycles. The van der Waals surface area contributed by atoms with Gasteiger partial charge in [-0.15, -0.1) is 0 Å².